The van der Waals surface area contributed by atoms with E-state index in [1.807, 2.05) is 6.08 Å². The maximum Gasteiger partial charge on any atom is 0.310 e. The van der Waals surface area contributed by atoms with Crippen molar-refractivity contribution in [2.75, 3.05) is 13.2 Å². The molecule has 0 aliphatic rings. The summed E-state index contributed by atoms with van der Waals surface area (Å²) in [7, 11) is 0. The maximum atomic E-state index is 12.8. The first-order chi connectivity index (χ1) is 36.0. The Morgan fingerprint density at radius 2 is 0.575 bits per heavy atom. The van der Waals surface area contributed by atoms with Crippen LogP contribution in [0.4, 0.5) is 0 Å². The van der Waals surface area contributed by atoms with Crippen molar-refractivity contribution in [2.24, 2.45) is 0 Å². The number of carbonyl (C=O) groups is 3. The highest BCUT2D eigenvalue weighted by Crippen LogP contribution is 2.15. The molecule has 6 nitrogen and oxygen atoms in total. The van der Waals surface area contributed by atoms with Crippen LogP contribution in [0.15, 0.2) is 122 Å². The maximum absolute atomic E-state index is 12.8. The monoisotopic (exact) mass is 1010 g/mol. The molecule has 0 fully saturated rings. The molecule has 1 unspecified atom stereocenters. The minimum Gasteiger partial charge on any atom is -0.462 e. The fourth-order valence-corrected chi connectivity index (χ4v) is 8.07. The summed E-state index contributed by atoms with van der Waals surface area (Å²) in [6, 6.07) is 0. The minimum absolute atomic E-state index is 0.0934. The van der Waals surface area contributed by atoms with E-state index in [4.69, 9.17) is 14.2 Å². The van der Waals surface area contributed by atoms with E-state index in [1.54, 1.807) is 6.08 Å². The average Bonchev–Trinajstić information content (AvgIpc) is 3.39. The lowest BCUT2D eigenvalue weighted by Crippen LogP contribution is -2.30. The lowest BCUT2D eigenvalue weighted by molar-refractivity contribution is -0.166. The van der Waals surface area contributed by atoms with Crippen molar-refractivity contribution in [3.05, 3.63) is 122 Å². The number of allylic oxidation sites excluding steroid dienone is 19. The number of hydrogen-bond donors (Lipinski definition) is 0. The summed E-state index contributed by atoms with van der Waals surface area (Å²) in [4.78, 5) is 38.1. The summed E-state index contributed by atoms with van der Waals surface area (Å²) in [6.45, 7) is 6.33. The molecular formula is C67H110O6. The first-order valence-electron chi connectivity index (χ1n) is 30.0. The molecule has 6 heteroatoms. The predicted octanol–water partition coefficient (Wildman–Crippen LogP) is 20.4. The van der Waals surface area contributed by atoms with Crippen LogP contribution in [0.5, 0.6) is 0 Å². The Morgan fingerprint density at radius 1 is 0.301 bits per heavy atom. The van der Waals surface area contributed by atoms with Crippen molar-refractivity contribution in [2.45, 2.75) is 271 Å². The summed E-state index contributed by atoms with van der Waals surface area (Å²) in [5.74, 6) is -1.05. The Kier molecular flexibility index (Phi) is 56.9. The Labute approximate surface area is 450 Å². The molecule has 414 valence electrons. The van der Waals surface area contributed by atoms with E-state index >= 15 is 0 Å². The van der Waals surface area contributed by atoms with E-state index in [0.717, 1.165) is 109 Å². The lowest BCUT2D eigenvalue weighted by atomic mass is 10.0. The third-order valence-corrected chi connectivity index (χ3v) is 12.5. The second kappa shape index (κ2) is 60.4. The Morgan fingerprint density at radius 3 is 0.904 bits per heavy atom. The molecule has 0 aromatic heterocycles. The van der Waals surface area contributed by atoms with Crippen LogP contribution in [0.25, 0.3) is 0 Å². The zero-order valence-electron chi connectivity index (χ0n) is 47.4. The van der Waals surface area contributed by atoms with Gasteiger partial charge in [-0.05, 0) is 89.9 Å². The van der Waals surface area contributed by atoms with Crippen LogP contribution in [0.1, 0.15) is 265 Å². The van der Waals surface area contributed by atoms with Crippen molar-refractivity contribution >= 4 is 17.9 Å². The normalized spacial score (nSPS) is 13.0. The average molecular weight is 1010 g/mol. The van der Waals surface area contributed by atoms with E-state index < -0.39 is 12.1 Å². The zero-order valence-corrected chi connectivity index (χ0v) is 47.4. The SMILES string of the molecule is CC/C=C\C/C=C\C/C=C\C/C=C\C/C=C\CCCCCCCCCCCC(=O)OCC(COC(=O)CCCCCCCCCCCCCCCCC)OC(=O)C/C=C\C/C=C\C/C=C\C/C=C\C/C=C\CC. The molecule has 1 atom stereocenters. The number of hydrogen-bond acceptors (Lipinski definition) is 6. The van der Waals surface area contributed by atoms with Gasteiger partial charge in [0, 0.05) is 12.8 Å². The summed E-state index contributed by atoms with van der Waals surface area (Å²) in [5, 5.41) is 0. The molecule has 0 aliphatic carbocycles. The Balaban J connectivity index is 4.42. The highest BCUT2D eigenvalue weighted by molar-refractivity contribution is 5.72. The van der Waals surface area contributed by atoms with E-state index in [1.165, 1.54) is 116 Å². The van der Waals surface area contributed by atoms with E-state index in [0.29, 0.717) is 12.8 Å². The third-order valence-electron chi connectivity index (χ3n) is 12.5. The van der Waals surface area contributed by atoms with Gasteiger partial charge in [-0.1, -0.05) is 277 Å². The molecule has 0 heterocycles. The number of unbranched alkanes of at least 4 members (excludes halogenated alkanes) is 23. The van der Waals surface area contributed by atoms with Crippen LogP contribution in [0.2, 0.25) is 0 Å². The molecule has 0 aromatic rings. The van der Waals surface area contributed by atoms with Gasteiger partial charge in [0.1, 0.15) is 13.2 Å². The minimum atomic E-state index is -0.837. The van der Waals surface area contributed by atoms with E-state index in [2.05, 4.69) is 130 Å². The van der Waals surface area contributed by atoms with Crippen LogP contribution in [-0.2, 0) is 28.6 Å². The number of ether oxygens (including phenoxy) is 3. The molecule has 0 radical (unpaired) electrons. The van der Waals surface area contributed by atoms with Gasteiger partial charge in [0.2, 0.25) is 0 Å². The molecule has 0 saturated heterocycles. The summed E-state index contributed by atoms with van der Waals surface area (Å²) < 4.78 is 16.8. The second-order valence-corrected chi connectivity index (χ2v) is 19.5. The summed E-state index contributed by atoms with van der Waals surface area (Å²) >= 11 is 0. The molecule has 0 aromatic carbocycles. The standard InChI is InChI=1S/C67H110O6/c1-4-7-10-13-16-19-22-25-28-29-30-31-32-33-34-35-36-37-40-42-45-48-51-54-57-60-66(69)72-63-64(73-67(70)61-58-55-52-49-46-43-39-27-24-21-18-15-12-9-6-3)62-71-65(68)59-56-53-50-47-44-41-38-26-23-20-17-14-11-8-5-2/h7,9-10,12,16,18-19,21,25,27-28,30-31,33-34,39,46,49,55,58,64H,4-6,8,11,13-15,17,20,22-24,26,29,32,35-38,40-45,47-48,50-54,56-57,59-63H2,1-3H3/b10-7-,12-9-,19-16-,21-18-,28-25-,31-30-,34-33-,39-27-,49-46-,58-55-. The molecule has 0 aliphatic heterocycles. The Hall–Kier alpha value is -4.19. The van der Waals surface area contributed by atoms with Gasteiger partial charge >= 0.3 is 17.9 Å². The third kappa shape index (κ3) is 58.6. The highest BCUT2D eigenvalue weighted by Gasteiger charge is 2.19. The van der Waals surface area contributed by atoms with Crippen molar-refractivity contribution in [1.82, 2.24) is 0 Å². The van der Waals surface area contributed by atoms with Gasteiger partial charge < -0.3 is 14.2 Å². The van der Waals surface area contributed by atoms with Crippen molar-refractivity contribution in [1.29, 1.82) is 0 Å². The molecule has 0 amide bonds. The van der Waals surface area contributed by atoms with Gasteiger partial charge in [0.05, 0.1) is 6.42 Å². The predicted molar refractivity (Wildman–Crippen MR) is 316 cm³/mol. The largest absolute Gasteiger partial charge is 0.462 e. The van der Waals surface area contributed by atoms with Gasteiger partial charge in [-0.15, -0.1) is 0 Å². The van der Waals surface area contributed by atoms with Crippen LogP contribution in [0, 0.1) is 0 Å². The number of carbonyl (C=O) groups excluding carboxylic acids is 3. The number of esters is 3. The van der Waals surface area contributed by atoms with Crippen molar-refractivity contribution < 1.29 is 28.6 Å². The van der Waals surface area contributed by atoms with Crippen LogP contribution < -0.4 is 0 Å². The fourth-order valence-electron chi connectivity index (χ4n) is 8.07. The summed E-state index contributed by atoms with van der Waals surface area (Å²) in [6.07, 6.45) is 83.6. The smallest absolute Gasteiger partial charge is 0.310 e. The van der Waals surface area contributed by atoms with Crippen LogP contribution in [-0.4, -0.2) is 37.2 Å². The van der Waals surface area contributed by atoms with E-state index in [9.17, 15) is 14.4 Å². The molecule has 0 spiro atoms. The summed E-state index contributed by atoms with van der Waals surface area (Å²) in [5.41, 5.74) is 0. The van der Waals surface area contributed by atoms with Crippen LogP contribution in [0.3, 0.4) is 0 Å². The zero-order chi connectivity index (χ0) is 52.9. The first kappa shape index (κ1) is 68.8. The topological polar surface area (TPSA) is 78.9 Å². The van der Waals surface area contributed by atoms with Gasteiger partial charge in [-0.2, -0.15) is 0 Å². The van der Waals surface area contributed by atoms with Gasteiger partial charge in [-0.25, -0.2) is 0 Å². The van der Waals surface area contributed by atoms with Crippen LogP contribution >= 0.6 is 0 Å². The van der Waals surface area contributed by atoms with Crippen molar-refractivity contribution in [3.8, 4) is 0 Å². The van der Waals surface area contributed by atoms with Gasteiger partial charge in [-0.3, -0.25) is 14.4 Å². The molecule has 0 bridgehead atoms. The second-order valence-electron chi connectivity index (χ2n) is 19.5. The number of rotatable bonds is 53. The Bertz CT molecular complexity index is 1540. The molecule has 73 heavy (non-hydrogen) atoms. The van der Waals surface area contributed by atoms with Gasteiger partial charge in [0.25, 0.3) is 0 Å². The molecule has 0 saturated carbocycles. The quantitative estimate of drug-likeness (QED) is 0.0261. The van der Waals surface area contributed by atoms with E-state index in [-0.39, 0.29) is 31.6 Å². The molecule has 0 rings (SSSR count). The lowest BCUT2D eigenvalue weighted by Gasteiger charge is -2.18. The molecule has 0 N–H and O–H groups in total. The van der Waals surface area contributed by atoms with Gasteiger partial charge in [0.15, 0.2) is 6.10 Å². The molecular weight excluding hydrogens is 901 g/mol. The highest BCUT2D eigenvalue weighted by atomic mass is 16.6. The fraction of sp³-hybridized carbons (Fsp3) is 0.657. The first-order valence-corrected chi connectivity index (χ1v) is 30.0. The van der Waals surface area contributed by atoms with Crippen molar-refractivity contribution in [3.63, 3.8) is 0 Å².